The molecule has 1 heterocycles. The minimum atomic E-state index is 0.708. The summed E-state index contributed by atoms with van der Waals surface area (Å²) in [4.78, 5) is 3.95. The molecule has 1 aromatic heterocycles. The summed E-state index contributed by atoms with van der Waals surface area (Å²) in [6, 6.07) is 8.34. The fraction of sp³-hybridized carbons (Fsp3) is 0.389. The van der Waals surface area contributed by atoms with Gasteiger partial charge in [0.2, 0.25) is 0 Å². The van der Waals surface area contributed by atoms with Crippen molar-refractivity contribution in [1.29, 1.82) is 0 Å². The van der Waals surface area contributed by atoms with Crippen LogP contribution >= 0.6 is 0 Å². The molecule has 3 nitrogen and oxygen atoms in total. The van der Waals surface area contributed by atoms with E-state index in [1.54, 1.807) is 6.20 Å². The maximum atomic E-state index is 5.30. The Kier molecular flexibility index (Phi) is 4.09. The van der Waals surface area contributed by atoms with E-state index < -0.39 is 0 Å². The number of nitrogens with zero attached hydrogens (tertiary/aromatic N) is 1. The molecule has 0 spiro atoms. The van der Waals surface area contributed by atoms with Gasteiger partial charge in [0.25, 0.3) is 0 Å². The molecule has 1 N–H and O–H groups in total. The number of rotatable bonds is 4. The summed E-state index contributed by atoms with van der Waals surface area (Å²) >= 11 is 0. The van der Waals surface area contributed by atoms with Gasteiger partial charge in [-0.25, -0.2) is 4.98 Å². The molecular formula is C18H22N2O. The molecule has 3 heteroatoms. The first-order chi connectivity index (χ1) is 10.2. The number of hydrogen-bond donors (Lipinski definition) is 1. The molecule has 0 saturated heterocycles. The molecule has 2 unspecified atom stereocenters. The number of hydrogen-bond acceptors (Lipinski definition) is 3. The average Bonchev–Trinajstić information content (AvgIpc) is 2.99. The van der Waals surface area contributed by atoms with Gasteiger partial charge in [0.1, 0.15) is 0 Å². The van der Waals surface area contributed by atoms with E-state index in [4.69, 9.17) is 4.42 Å². The molecule has 2 aromatic rings. The van der Waals surface area contributed by atoms with E-state index in [9.17, 15) is 0 Å². The van der Waals surface area contributed by atoms with Crippen molar-refractivity contribution < 1.29 is 4.42 Å². The first-order valence-corrected chi connectivity index (χ1v) is 7.61. The Morgan fingerprint density at radius 1 is 1.29 bits per heavy atom. The molecule has 0 radical (unpaired) electrons. The molecule has 1 aliphatic rings. The van der Waals surface area contributed by atoms with Crippen LogP contribution in [0, 0.1) is 11.8 Å². The number of oxazole rings is 1. The fourth-order valence-corrected chi connectivity index (χ4v) is 3.21. The zero-order chi connectivity index (χ0) is 14.7. The molecule has 3 rings (SSSR count). The number of anilines is 1. The van der Waals surface area contributed by atoms with Crippen molar-refractivity contribution in [3.63, 3.8) is 0 Å². The van der Waals surface area contributed by atoms with Gasteiger partial charge in [-0.15, -0.1) is 0 Å². The molecule has 21 heavy (non-hydrogen) atoms. The molecule has 1 aliphatic carbocycles. The highest BCUT2D eigenvalue weighted by Gasteiger charge is 2.17. The van der Waals surface area contributed by atoms with Crippen molar-refractivity contribution in [2.24, 2.45) is 11.8 Å². The van der Waals surface area contributed by atoms with E-state index in [0.717, 1.165) is 29.5 Å². The van der Waals surface area contributed by atoms with Gasteiger partial charge in [-0.05, 0) is 55.9 Å². The summed E-state index contributed by atoms with van der Waals surface area (Å²) in [5, 5.41) is 3.55. The van der Waals surface area contributed by atoms with Crippen LogP contribution in [0.2, 0.25) is 0 Å². The number of allylic oxidation sites excluding steroid dienone is 2. The maximum absolute atomic E-state index is 5.30. The Hall–Kier alpha value is -2.03. The van der Waals surface area contributed by atoms with Crippen LogP contribution in [0.25, 0.3) is 11.3 Å². The summed E-state index contributed by atoms with van der Waals surface area (Å²) in [5.41, 5.74) is 3.75. The minimum Gasteiger partial charge on any atom is -0.444 e. The summed E-state index contributed by atoms with van der Waals surface area (Å²) in [6.45, 7) is 5.59. The topological polar surface area (TPSA) is 38.1 Å². The van der Waals surface area contributed by atoms with Gasteiger partial charge in [0.05, 0.1) is 6.20 Å². The van der Waals surface area contributed by atoms with Crippen molar-refractivity contribution >= 4 is 5.69 Å². The third-order valence-electron chi connectivity index (χ3n) is 4.08. The third kappa shape index (κ3) is 3.54. The van der Waals surface area contributed by atoms with Gasteiger partial charge >= 0.3 is 0 Å². The molecule has 0 aliphatic heterocycles. The zero-order valence-electron chi connectivity index (χ0n) is 12.7. The summed E-state index contributed by atoms with van der Waals surface area (Å²) < 4.78 is 5.30. The lowest BCUT2D eigenvalue weighted by Crippen LogP contribution is -2.20. The van der Waals surface area contributed by atoms with E-state index in [1.165, 1.54) is 24.8 Å². The van der Waals surface area contributed by atoms with Gasteiger partial charge < -0.3 is 9.73 Å². The molecule has 0 amide bonds. The van der Waals surface area contributed by atoms with Gasteiger partial charge in [0, 0.05) is 17.8 Å². The normalized spacial score (nSPS) is 21.9. The summed E-state index contributed by atoms with van der Waals surface area (Å²) in [5.74, 6) is 2.25. The lowest BCUT2D eigenvalue weighted by atomic mass is 9.84. The van der Waals surface area contributed by atoms with Crippen molar-refractivity contribution in [2.45, 2.75) is 26.7 Å². The van der Waals surface area contributed by atoms with Crippen molar-refractivity contribution in [3.05, 3.63) is 48.5 Å². The molecule has 110 valence electrons. The highest BCUT2D eigenvalue weighted by molar-refractivity contribution is 5.60. The lowest BCUT2D eigenvalue weighted by Gasteiger charge is -2.26. The molecule has 0 saturated carbocycles. The monoisotopic (exact) mass is 282 g/mol. The maximum Gasteiger partial charge on any atom is 0.181 e. The van der Waals surface area contributed by atoms with E-state index >= 15 is 0 Å². The van der Waals surface area contributed by atoms with Crippen molar-refractivity contribution in [2.75, 3.05) is 11.9 Å². The third-order valence-corrected chi connectivity index (χ3v) is 4.08. The van der Waals surface area contributed by atoms with Crippen LogP contribution < -0.4 is 5.32 Å². The largest absolute Gasteiger partial charge is 0.444 e. The van der Waals surface area contributed by atoms with E-state index in [1.807, 2.05) is 0 Å². The SMILES string of the molecule is CC1=CC(C)CC(CNc2ccc(-c3cnco3)cc2)C1. The molecule has 0 fully saturated rings. The molecule has 2 atom stereocenters. The second-order valence-corrected chi connectivity index (χ2v) is 6.12. The Labute approximate surface area is 126 Å². The first kappa shape index (κ1) is 13.9. The summed E-state index contributed by atoms with van der Waals surface area (Å²) in [7, 11) is 0. The van der Waals surface area contributed by atoms with Gasteiger partial charge in [-0.3, -0.25) is 0 Å². The fourth-order valence-electron chi connectivity index (χ4n) is 3.21. The van der Waals surface area contributed by atoms with E-state index in [-0.39, 0.29) is 0 Å². The van der Waals surface area contributed by atoms with Crippen LogP contribution in [-0.4, -0.2) is 11.5 Å². The van der Waals surface area contributed by atoms with E-state index in [0.29, 0.717) is 5.92 Å². The second-order valence-electron chi connectivity index (χ2n) is 6.12. The van der Waals surface area contributed by atoms with Crippen LogP contribution in [0.5, 0.6) is 0 Å². The average molecular weight is 282 g/mol. The predicted molar refractivity (Wildman–Crippen MR) is 86.1 cm³/mol. The van der Waals surface area contributed by atoms with E-state index in [2.05, 4.69) is 54.5 Å². The highest BCUT2D eigenvalue weighted by Crippen LogP contribution is 2.28. The van der Waals surface area contributed by atoms with Crippen LogP contribution in [0.3, 0.4) is 0 Å². The van der Waals surface area contributed by atoms with Crippen molar-refractivity contribution in [3.8, 4) is 11.3 Å². The van der Waals surface area contributed by atoms with Gasteiger partial charge in [-0.2, -0.15) is 0 Å². The van der Waals surface area contributed by atoms with Crippen LogP contribution in [0.15, 0.2) is 52.9 Å². The number of aromatic nitrogens is 1. The van der Waals surface area contributed by atoms with Crippen LogP contribution in [-0.2, 0) is 0 Å². The Morgan fingerprint density at radius 3 is 2.76 bits per heavy atom. The van der Waals surface area contributed by atoms with Gasteiger partial charge in [-0.1, -0.05) is 18.6 Å². The second kappa shape index (κ2) is 6.17. The Bertz CT molecular complexity index is 599. The van der Waals surface area contributed by atoms with Crippen molar-refractivity contribution in [1.82, 2.24) is 4.98 Å². The number of benzene rings is 1. The Morgan fingerprint density at radius 2 is 2.10 bits per heavy atom. The Balaban J connectivity index is 1.58. The highest BCUT2D eigenvalue weighted by atomic mass is 16.3. The molecular weight excluding hydrogens is 260 g/mol. The predicted octanol–water partition coefficient (Wildman–Crippen LogP) is 4.75. The smallest absolute Gasteiger partial charge is 0.181 e. The van der Waals surface area contributed by atoms with Gasteiger partial charge in [0.15, 0.2) is 12.2 Å². The van der Waals surface area contributed by atoms with Crippen LogP contribution in [0.1, 0.15) is 26.7 Å². The quantitative estimate of drug-likeness (QED) is 0.823. The number of nitrogens with one attached hydrogen (secondary N) is 1. The standard InChI is InChI=1S/C18H22N2O/c1-13-7-14(2)9-15(8-13)10-20-17-5-3-16(4-6-17)18-11-19-12-21-18/h3-7,11-13,15,20H,8-10H2,1-2H3. The minimum absolute atomic E-state index is 0.708. The molecule has 0 bridgehead atoms. The summed E-state index contributed by atoms with van der Waals surface area (Å²) in [6.07, 6.45) is 8.10. The lowest BCUT2D eigenvalue weighted by molar-refractivity contribution is 0.421. The molecule has 1 aromatic carbocycles. The zero-order valence-corrected chi connectivity index (χ0v) is 12.7. The van der Waals surface area contributed by atoms with Crippen LogP contribution in [0.4, 0.5) is 5.69 Å². The first-order valence-electron chi connectivity index (χ1n) is 7.61.